The molecule has 0 amide bonds. The smallest absolute Gasteiger partial charge is 0.311 e. The third-order valence-electron chi connectivity index (χ3n) is 5.12. The summed E-state index contributed by atoms with van der Waals surface area (Å²) in [7, 11) is 1.63. The van der Waals surface area contributed by atoms with Crippen LogP contribution in [0, 0.1) is 17.3 Å². The maximum absolute atomic E-state index is 11.9. The van der Waals surface area contributed by atoms with Crippen LogP contribution in [0.5, 0.6) is 5.75 Å². The molecule has 1 aromatic carbocycles. The average Bonchev–Trinajstić information content (AvgIpc) is 2.67. The summed E-state index contributed by atoms with van der Waals surface area (Å²) in [5, 5.41) is 10.6. The van der Waals surface area contributed by atoms with Crippen molar-refractivity contribution in [2.75, 3.05) is 20.3 Å². The lowest BCUT2D eigenvalue weighted by Crippen LogP contribution is -2.43. The molecule has 5 atom stereocenters. The van der Waals surface area contributed by atoms with Crippen LogP contribution < -0.4 is 4.74 Å². The number of carbonyl (C=O) groups is 1. The van der Waals surface area contributed by atoms with Crippen molar-refractivity contribution < 1.29 is 28.8 Å². The standard InChI is InChI=1S/C22H34O6/c1-14-13-27-20(16-7-9-17(25-6)10-8-16)28-19(14)15(2)18(23)11-12-26-21(24)22(3,4)5/h7-10,14-15,18-20,23H,11-13H2,1-6H3/t14-,15-,18-,19+,20+/m0/s1. The van der Waals surface area contributed by atoms with Crippen molar-refractivity contribution in [1.29, 1.82) is 0 Å². The Balaban J connectivity index is 1.92. The maximum atomic E-state index is 11.9. The number of ether oxygens (including phenoxy) is 4. The second kappa shape index (κ2) is 9.72. The summed E-state index contributed by atoms with van der Waals surface area (Å²) < 4.78 is 22.5. The van der Waals surface area contributed by atoms with Crippen LogP contribution in [0.4, 0.5) is 0 Å². The Morgan fingerprint density at radius 2 is 1.93 bits per heavy atom. The van der Waals surface area contributed by atoms with Crippen LogP contribution in [-0.2, 0) is 19.0 Å². The van der Waals surface area contributed by atoms with Crippen molar-refractivity contribution in [1.82, 2.24) is 0 Å². The fourth-order valence-electron chi connectivity index (χ4n) is 3.20. The van der Waals surface area contributed by atoms with Gasteiger partial charge >= 0.3 is 5.97 Å². The number of aliphatic hydroxyl groups excluding tert-OH is 1. The highest BCUT2D eigenvalue weighted by molar-refractivity contribution is 5.75. The van der Waals surface area contributed by atoms with E-state index < -0.39 is 17.8 Å². The lowest BCUT2D eigenvalue weighted by Gasteiger charge is -2.39. The van der Waals surface area contributed by atoms with Gasteiger partial charge in [0.05, 0.1) is 37.9 Å². The molecule has 28 heavy (non-hydrogen) atoms. The van der Waals surface area contributed by atoms with E-state index in [1.165, 1.54) is 0 Å². The first-order chi connectivity index (χ1) is 13.1. The van der Waals surface area contributed by atoms with Crippen LogP contribution in [0.1, 0.15) is 52.9 Å². The quantitative estimate of drug-likeness (QED) is 0.711. The molecule has 1 saturated heterocycles. The first-order valence-corrected chi connectivity index (χ1v) is 9.89. The van der Waals surface area contributed by atoms with Gasteiger partial charge in [0.15, 0.2) is 6.29 Å². The third-order valence-corrected chi connectivity index (χ3v) is 5.12. The molecular weight excluding hydrogens is 360 g/mol. The molecule has 0 saturated carbocycles. The first kappa shape index (κ1) is 22.7. The minimum Gasteiger partial charge on any atom is -0.497 e. The molecule has 2 rings (SSSR count). The van der Waals surface area contributed by atoms with Gasteiger partial charge in [0.25, 0.3) is 0 Å². The molecule has 6 heteroatoms. The predicted molar refractivity (Wildman–Crippen MR) is 106 cm³/mol. The largest absolute Gasteiger partial charge is 0.497 e. The number of hydrogen-bond donors (Lipinski definition) is 1. The molecule has 0 radical (unpaired) electrons. The molecule has 158 valence electrons. The summed E-state index contributed by atoms with van der Waals surface area (Å²) in [6, 6.07) is 7.58. The predicted octanol–water partition coefficient (Wildman–Crippen LogP) is 3.72. The SMILES string of the molecule is COc1ccc([C@@H]2OC[C@H](C)[C@H]([C@@H](C)[C@@H](O)CCOC(=O)C(C)(C)C)O2)cc1. The van der Waals surface area contributed by atoms with Gasteiger partial charge in [-0.1, -0.05) is 26.0 Å². The number of rotatable bonds is 7. The van der Waals surface area contributed by atoms with Gasteiger partial charge in [-0.2, -0.15) is 0 Å². The molecule has 0 aliphatic carbocycles. The number of carbonyl (C=O) groups excluding carboxylic acids is 1. The number of benzene rings is 1. The Kier molecular flexibility index (Phi) is 7.87. The van der Waals surface area contributed by atoms with E-state index in [4.69, 9.17) is 18.9 Å². The van der Waals surface area contributed by atoms with Crippen molar-refractivity contribution in [2.24, 2.45) is 17.3 Å². The van der Waals surface area contributed by atoms with Crippen molar-refractivity contribution in [2.45, 2.75) is 59.5 Å². The lowest BCUT2D eigenvalue weighted by atomic mass is 9.87. The second-order valence-electron chi connectivity index (χ2n) is 8.62. The minimum absolute atomic E-state index is 0.118. The van der Waals surface area contributed by atoms with Crippen molar-refractivity contribution in [3.05, 3.63) is 29.8 Å². The van der Waals surface area contributed by atoms with E-state index in [-0.39, 0.29) is 30.5 Å². The van der Waals surface area contributed by atoms with Crippen molar-refractivity contribution in [3.63, 3.8) is 0 Å². The average molecular weight is 395 g/mol. The molecule has 0 spiro atoms. The number of aliphatic hydroxyl groups is 1. The highest BCUT2D eigenvalue weighted by Gasteiger charge is 2.36. The Morgan fingerprint density at radius 1 is 1.29 bits per heavy atom. The molecule has 0 bridgehead atoms. The summed E-state index contributed by atoms with van der Waals surface area (Å²) in [5.74, 6) is 0.546. The van der Waals surface area contributed by atoms with Crippen LogP contribution in [-0.4, -0.2) is 43.6 Å². The van der Waals surface area contributed by atoms with Gasteiger partial charge in [0.1, 0.15) is 5.75 Å². The fourth-order valence-corrected chi connectivity index (χ4v) is 3.20. The van der Waals surface area contributed by atoms with Crippen LogP contribution in [0.25, 0.3) is 0 Å². The van der Waals surface area contributed by atoms with Crippen molar-refractivity contribution in [3.8, 4) is 5.75 Å². The lowest BCUT2D eigenvalue weighted by molar-refractivity contribution is -0.256. The van der Waals surface area contributed by atoms with Gasteiger partial charge < -0.3 is 24.1 Å². The molecular formula is C22H34O6. The molecule has 6 nitrogen and oxygen atoms in total. The zero-order valence-electron chi connectivity index (χ0n) is 17.8. The topological polar surface area (TPSA) is 74.2 Å². The molecule has 1 heterocycles. The van der Waals surface area contributed by atoms with E-state index in [1.54, 1.807) is 7.11 Å². The normalized spacial score (nSPS) is 25.0. The summed E-state index contributed by atoms with van der Waals surface area (Å²) in [6.07, 6.45) is -0.881. The van der Waals surface area contributed by atoms with Crippen LogP contribution in [0.2, 0.25) is 0 Å². The van der Waals surface area contributed by atoms with E-state index in [2.05, 4.69) is 6.92 Å². The van der Waals surface area contributed by atoms with Gasteiger partial charge in [0.2, 0.25) is 0 Å². The molecule has 1 aromatic rings. The number of hydrogen-bond acceptors (Lipinski definition) is 6. The van der Waals surface area contributed by atoms with Gasteiger partial charge in [0, 0.05) is 23.8 Å². The highest BCUT2D eigenvalue weighted by Crippen LogP contribution is 2.34. The van der Waals surface area contributed by atoms with E-state index in [0.717, 1.165) is 11.3 Å². The zero-order chi connectivity index (χ0) is 20.9. The Bertz CT molecular complexity index is 621. The van der Waals surface area contributed by atoms with E-state index in [9.17, 15) is 9.90 Å². The van der Waals surface area contributed by atoms with Crippen LogP contribution in [0.15, 0.2) is 24.3 Å². The number of methoxy groups -OCH3 is 1. The summed E-state index contributed by atoms with van der Waals surface area (Å²) in [4.78, 5) is 11.9. The first-order valence-electron chi connectivity index (χ1n) is 9.89. The number of esters is 1. The van der Waals surface area contributed by atoms with Crippen molar-refractivity contribution >= 4 is 5.97 Å². The summed E-state index contributed by atoms with van der Waals surface area (Å²) >= 11 is 0. The van der Waals surface area contributed by atoms with Gasteiger partial charge in [-0.15, -0.1) is 0 Å². The molecule has 0 unspecified atom stereocenters. The van der Waals surface area contributed by atoms with E-state index >= 15 is 0 Å². The maximum Gasteiger partial charge on any atom is 0.311 e. The minimum atomic E-state index is -0.630. The Hall–Kier alpha value is -1.63. The summed E-state index contributed by atoms with van der Waals surface area (Å²) in [6.45, 7) is 10.2. The molecule has 1 aliphatic rings. The molecule has 1 fully saturated rings. The second-order valence-corrected chi connectivity index (χ2v) is 8.62. The third kappa shape index (κ3) is 5.93. The van der Waals surface area contributed by atoms with Gasteiger partial charge in [-0.05, 0) is 32.9 Å². The van der Waals surface area contributed by atoms with Crippen LogP contribution >= 0.6 is 0 Å². The van der Waals surface area contributed by atoms with Crippen LogP contribution in [0.3, 0.4) is 0 Å². The zero-order valence-corrected chi connectivity index (χ0v) is 17.8. The van der Waals surface area contributed by atoms with Gasteiger partial charge in [-0.3, -0.25) is 4.79 Å². The Labute approximate surface area is 168 Å². The van der Waals surface area contributed by atoms with E-state index in [0.29, 0.717) is 13.0 Å². The van der Waals surface area contributed by atoms with Gasteiger partial charge in [-0.25, -0.2) is 0 Å². The monoisotopic (exact) mass is 394 g/mol. The molecule has 0 aromatic heterocycles. The molecule has 1 N–H and O–H groups in total. The molecule has 1 aliphatic heterocycles. The van der Waals surface area contributed by atoms with E-state index in [1.807, 2.05) is 52.0 Å². The highest BCUT2D eigenvalue weighted by atomic mass is 16.7. The fraction of sp³-hybridized carbons (Fsp3) is 0.682. The Morgan fingerprint density at radius 3 is 2.50 bits per heavy atom. The summed E-state index contributed by atoms with van der Waals surface area (Å²) in [5.41, 5.74) is 0.374.